The Morgan fingerprint density at radius 3 is 2.03 bits per heavy atom. The van der Waals surface area contributed by atoms with Crippen LogP contribution in [0.25, 0.3) is 0 Å². The third-order valence-corrected chi connectivity index (χ3v) is 6.56. The van der Waals surface area contributed by atoms with Gasteiger partial charge in [-0.05, 0) is 66.9 Å². The Kier molecular flexibility index (Phi) is 6.34. The van der Waals surface area contributed by atoms with Crippen molar-refractivity contribution in [2.45, 2.75) is 30.3 Å². The number of amides is 2. The van der Waals surface area contributed by atoms with E-state index in [4.69, 9.17) is 0 Å². The van der Waals surface area contributed by atoms with Crippen molar-refractivity contribution in [3.63, 3.8) is 0 Å². The lowest BCUT2D eigenvalue weighted by atomic mass is 10.1. The summed E-state index contributed by atoms with van der Waals surface area (Å²) in [6, 6.07) is 22.0. The summed E-state index contributed by atoms with van der Waals surface area (Å²) in [5.74, 6) is -0.487. The summed E-state index contributed by atoms with van der Waals surface area (Å²) in [6.45, 7) is 0.266. The van der Waals surface area contributed by atoms with E-state index < -0.39 is 10.0 Å². The van der Waals surface area contributed by atoms with E-state index in [1.54, 1.807) is 60.7 Å². The molecular weight excluding hydrogens is 426 g/mol. The molecule has 3 aromatic carbocycles. The Balaban J connectivity index is 1.30. The second-order valence-electron chi connectivity index (χ2n) is 7.62. The molecule has 8 heteroatoms. The molecule has 0 bridgehead atoms. The van der Waals surface area contributed by atoms with E-state index in [0.717, 1.165) is 18.4 Å². The zero-order valence-electron chi connectivity index (χ0n) is 17.2. The van der Waals surface area contributed by atoms with E-state index in [-0.39, 0.29) is 29.3 Å². The summed E-state index contributed by atoms with van der Waals surface area (Å²) >= 11 is 0. The summed E-state index contributed by atoms with van der Waals surface area (Å²) in [4.78, 5) is 24.8. The fraction of sp³-hybridized carbons (Fsp3) is 0.167. The minimum Gasteiger partial charge on any atom is -0.348 e. The second-order valence-corrected chi connectivity index (χ2v) is 9.33. The zero-order chi connectivity index (χ0) is 22.6. The molecule has 4 rings (SSSR count). The van der Waals surface area contributed by atoms with Gasteiger partial charge in [0, 0.05) is 29.4 Å². The Morgan fingerprint density at radius 1 is 0.781 bits per heavy atom. The van der Waals surface area contributed by atoms with Crippen LogP contribution in [0.1, 0.15) is 39.1 Å². The number of sulfonamides is 1. The molecule has 32 heavy (non-hydrogen) atoms. The van der Waals surface area contributed by atoms with Crippen LogP contribution in [0, 0.1) is 0 Å². The van der Waals surface area contributed by atoms with Crippen molar-refractivity contribution in [1.29, 1.82) is 0 Å². The van der Waals surface area contributed by atoms with Crippen molar-refractivity contribution in [2.24, 2.45) is 0 Å². The van der Waals surface area contributed by atoms with E-state index in [1.165, 1.54) is 12.1 Å². The van der Waals surface area contributed by atoms with Crippen LogP contribution < -0.4 is 15.4 Å². The third kappa shape index (κ3) is 5.60. The highest BCUT2D eigenvalue weighted by Gasteiger charge is 2.27. The first-order chi connectivity index (χ1) is 15.4. The fourth-order valence-corrected chi connectivity index (χ4v) is 4.36. The lowest BCUT2D eigenvalue weighted by Gasteiger charge is -2.09. The molecule has 0 spiro atoms. The highest BCUT2D eigenvalue weighted by molar-refractivity contribution is 7.89. The average Bonchev–Trinajstić information content (AvgIpc) is 3.62. The fourth-order valence-electron chi connectivity index (χ4n) is 3.06. The largest absolute Gasteiger partial charge is 0.348 e. The van der Waals surface area contributed by atoms with E-state index >= 15 is 0 Å². The number of rotatable bonds is 8. The van der Waals surface area contributed by atoms with Crippen LogP contribution in [0.4, 0.5) is 5.69 Å². The summed E-state index contributed by atoms with van der Waals surface area (Å²) in [5, 5.41) is 5.60. The van der Waals surface area contributed by atoms with Crippen LogP contribution in [0.2, 0.25) is 0 Å². The molecule has 0 radical (unpaired) electrons. The molecule has 1 fully saturated rings. The maximum absolute atomic E-state index is 12.4. The van der Waals surface area contributed by atoms with E-state index in [2.05, 4.69) is 15.4 Å². The standard InChI is InChI=1S/C24H23N3O4S/c28-23(19-8-10-20(11-9-19)26-24(29)18-4-2-1-3-5-18)25-16-17-6-14-22(15-7-17)32(30,31)27-21-12-13-21/h1-11,14-15,21,27H,12-13,16H2,(H,25,28)(H,26,29). The Bertz CT molecular complexity index is 1200. The molecule has 1 aliphatic carbocycles. The number of benzene rings is 3. The highest BCUT2D eigenvalue weighted by atomic mass is 32.2. The van der Waals surface area contributed by atoms with Crippen LogP contribution in [0.15, 0.2) is 83.8 Å². The molecule has 0 unspecified atom stereocenters. The quantitative estimate of drug-likeness (QED) is 0.491. The van der Waals surface area contributed by atoms with Crippen molar-refractivity contribution in [1.82, 2.24) is 10.0 Å². The lowest BCUT2D eigenvalue weighted by molar-refractivity contribution is 0.0950. The topological polar surface area (TPSA) is 104 Å². The van der Waals surface area contributed by atoms with Gasteiger partial charge >= 0.3 is 0 Å². The van der Waals surface area contributed by atoms with Crippen molar-refractivity contribution < 1.29 is 18.0 Å². The van der Waals surface area contributed by atoms with Crippen molar-refractivity contribution in [2.75, 3.05) is 5.32 Å². The molecule has 7 nitrogen and oxygen atoms in total. The molecule has 0 heterocycles. The van der Waals surface area contributed by atoms with Gasteiger partial charge in [-0.2, -0.15) is 0 Å². The van der Waals surface area contributed by atoms with Crippen molar-refractivity contribution in [3.05, 3.63) is 95.6 Å². The zero-order valence-corrected chi connectivity index (χ0v) is 18.1. The summed E-state index contributed by atoms with van der Waals surface area (Å²) in [7, 11) is -3.49. The summed E-state index contributed by atoms with van der Waals surface area (Å²) in [5.41, 5.74) is 2.38. The minimum atomic E-state index is -3.49. The third-order valence-electron chi connectivity index (χ3n) is 5.03. The molecule has 1 saturated carbocycles. The number of carbonyl (C=O) groups excluding carboxylic acids is 2. The molecule has 0 aromatic heterocycles. The number of carbonyl (C=O) groups is 2. The van der Waals surface area contributed by atoms with Gasteiger partial charge in [0.1, 0.15) is 0 Å². The summed E-state index contributed by atoms with van der Waals surface area (Å²) in [6.07, 6.45) is 1.76. The molecular formula is C24H23N3O4S. The Morgan fingerprint density at radius 2 is 1.41 bits per heavy atom. The van der Waals surface area contributed by atoms with Crippen molar-refractivity contribution in [3.8, 4) is 0 Å². The smallest absolute Gasteiger partial charge is 0.255 e. The molecule has 0 atom stereocenters. The van der Waals surface area contributed by atoms with E-state index in [1.807, 2.05) is 6.07 Å². The molecule has 0 aliphatic heterocycles. The highest BCUT2D eigenvalue weighted by Crippen LogP contribution is 2.22. The predicted molar refractivity (Wildman–Crippen MR) is 122 cm³/mol. The lowest BCUT2D eigenvalue weighted by Crippen LogP contribution is -2.26. The van der Waals surface area contributed by atoms with Gasteiger partial charge < -0.3 is 10.6 Å². The SMILES string of the molecule is O=C(NCc1ccc(S(=O)(=O)NC2CC2)cc1)c1ccc(NC(=O)c2ccccc2)cc1. The van der Waals surface area contributed by atoms with Gasteiger partial charge in [-0.25, -0.2) is 13.1 Å². The van der Waals surface area contributed by atoms with Gasteiger partial charge in [-0.1, -0.05) is 30.3 Å². The first-order valence-electron chi connectivity index (χ1n) is 10.3. The number of anilines is 1. The van der Waals surface area contributed by atoms with Gasteiger partial charge in [0.15, 0.2) is 0 Å². The molecule has 164 valence electrons. The van der Waals surface area contributed by atoms with Crippen molar-refractivity contribution >= 4 is 27.5 Å². The maximum Gasteiger partial charge on any atom is 0.255 e. The Hall–Kier alpha value is -3.49. The van der Waals surface area contributed by atoms with Gasteiger partial charge in [0.05, 0.1) is 4.90 Å². The van der Waals surface area contributed by atoms with Gasteiger partial charge in [-0.3, -0.25) is 9.59 Å². The number of nitrogens with one attached hydrogen (secondary N) is 3. The van der Waals surface area contributed by atoms with Crippen LogP contribution in [-0.2, 0) is 16.6 Å². The van der Waals surface area contributed by atoms with Gasteiger partial charge in [0.25, 0.3) is 11.8 Å². The van der Waals surface area contributed by atoms with Crippen LogP contribution >= 0.6 is 0 Å². The average molecular weight is 450 g/mol. The molecule has 2 amide bonds. The maximum atomic E-state index is 12.4. The second kappa shape index (κ2) is 9.33. The summed E-state index contributed by atoms with van der Waals surface area (Å²) < 4.78 is 27.1. The molecule has 1 aliphatic rings. The Labute approximate surface area is 186 Å². The predicted octanol–water partition coefficient (Wildman–Crippen LogP) is 3.31. The molecule has 3 aromatic rings. The van der Waals surface area contributed by atoms with Gasteiger partial charge in [0.2, 0.25) is 10.0 Å². The van der Waals surface area contributed by atoms with E-state index in [9.17, 15) is 18.0 Å². The first-order valence-corrected chi connectivity index (χ1v) is 11.7. The number of hydrogen-bond donors (Lipinski definition) is 3. The van der Waals surface area contributed by atoms with Crippen LogP contribution in [-0.4, -0.2) is 26.3 Å². The first kappa shape index (κ1) is 21.7. The van der Waals surface area contributed by atoms with Gasteiger partial charge in [-0.15, -0.1) is 0 Å². The van der Waals surface area contributed by atoms with E-state index in [0.29, 0.717) is 16.8 Å². The molecule has 0 saturated heterocycles. The van der Waals surface area contributed by atoms with Crippen LogP contribution in [0.5, 0.6) is 0 Å². The van der Waals surface area contributed by atoms with Crippen LogP contribution in [0.3, 0.4) is 0 Å². The normalized spacial score (nSPS) is 13.4. The monoisotopic (exact) mass is 449 g/mol. The number of hydrogen-bond acceptors (Lipinski definition) is 4. The molecule has 3 N–H and O–H groups in total. The minimum absolute atomic E-state index is 0.0528.